The SMILES string of the molecule is O=C(NC1CCCCC1)C(c1cccs1)N(C(=O)c1ccco1)c1ccc(F)cc1. The first-order valence-corrected chi connectivity index (χ1v) is 11.0. The van der Waals surface area contributed by atoms with Gasteiger partial charge in [-0.05, 0) is 60.7 Å². The number of furan rings is 1. The third-order valence-electron chi connectivity index (χ3n) is 5.33. The zero-order valence-electron chi connectivity index (χ0n) is 16.4. The van der Waals surface area contributed by atoms with Crippen molar-refractivity contribution in [3.05, 3.63) is 76.6 Å². The normalized spacial score (nSPS) is 15.5. The van der Waals surface area contributed by atoms with Crippen LogP contribution in [0.1, 0.15) is 53.6 Å². The largest absolute Gasteiger partial charge is 0.459 e. The standard InChI is InChI=1S/C23H23FN2O3S/c24-16-10-12-18(13-11-16)26(23(28)19-8-4-14-29-19)21(20-9-5-15-30-20)22(27)25-17-6-2-1-3-7-17/h4-5,8-15,17,21H,1-3,6-7H2,(H,25,27). The van der Waals surface area contributed by atoms with Crippen LogP contribution in [0.2, 0.25) is 0 Å². The maximum Gasteiger partial charge on any atom is 0.295 e. The summed E-state index contributed by atoms with van der Waals surface area (Å²) in [6.07, 6.45) is 6.64. The second kappa shape index (κ2) is 9.26. The highest BCUT2D eigenvalue weighted by atomic mass is 32.1. The molecule has 1 fully saturated rings. The van der Waals surface area contributed by atoms with Gasteiger partial charge in [-0.15, -0.1) is 11.3 Å². The molecule has 0 spiro atoms. The van der Waals surface area contributed by atoms with Gasteiger partial charge in [0.2, 0.25) is 5.91 Å². The number of hydrogen-bond acceptors (Lipinski definition) is 4. The van der Waals surface area contributed by atoms with Crippen molar-refractivity contribution in [3.63, 3.8) is 0 Å². The van der Waals surface area contributed by atoms with Crippen molar-refractivity contribution in [3.8, 4) is 0 Å². The van der Waals surface area contributed by atoms with Gasteiger partial charge in [-0.25, -0.2) is 4.39 Å². The molecule has 1 saturated carbocycles. The molecule has 5 nitrogen and oxygen atoms in total. The second-order valence-corrected chi connectivity index (χ2v) is 8.37. The van der Waals surface area contributed by atoms with Gasteiger partial charge in [0.15, 0.2) is 11.8 Å². The molecule has 2 amide bonds. The molecular weight excluding hydrogens is 403 g/mol. The number of nitrogens with zero attached hydrogens (tertiary/aromatic N) is 1. The quantitative estimate of drug-likeness (QED) is 0.580. The summed E-state index contributed by atoms with van der Waals surface area (Å²) in [7, 11) is 0. The van der Waals surface area contributed by atoms with E-state index in [1.54, 1.807) is 12.1 Å². The van der Waals surface area contributed by atoms with Gasteiger partial charge < -0.3 is 9.73 Å². The lowest BCUT2D eigenvalue weighted by Gasteiger charge is -2.32. The van der Waals surface area contributed by atoms with Crippen molar-refractivity contribution in [2.45, 2.75) is 44.2 Å². The van der Waals surface area contributed by atoms with Crippen LogP contribution in [0.15, 0.2) is 64.6 Å². The van der Waals surface area contributed by atoms with Gasteiger partial charge in [0.05, 0.1) is 6.26 Å². The van der Waals surface area contributed by atoms with E-state index in [1.165, 1.54) is 53.2 Å². The zero-order valence-corrected chi connectivity index (χ0v) is 17.2. The number of thiophene rings is 1. The molecule has 1 atom stereocenters. The topological polar surface area (TPSA) is 62.6 Å². The van der Waals surface area contributed by atoms with E-state index in [4.69, 9.17) is 4.42 Å². The predicted molar refractivity (Wildman–Crippen MR) is 114 cm³/mol. The molecule has 0 aliphatic heterocycles. The van der Waals surface area contributed by atoms with E-state index < -0.39 is 17.8 Å². The van der Waals surface area contributed by atoms with E-state index >= 15 is 0 Å². The van der Waals surface area contributed by atoms with Gasteiger partial charge in [-0.3, -0.25) is 14.5 Å². The molecule has 0 bridgehead atoms. The molecular formula is C23H23FN2O3S. The molecule has 0 radical (unpaired) electrons. The Balaban J connectivity index is 1.73. The first-order valence-electron chi connectivity index (χ1n) is 10.1. The van der Waals surface area contributed by atoms with Crippen LogP contribution in [0.4, 0.5) is 10.1 Å². The third-order valence-corrected chi connectivity index (χ3v) is 6.25. The van der Waals surface area contributed by atoms with Gasteiger partial charge in [-0.2, -0.15) is 0 Å². The monoisotopic (exact) mass is 426 g/mol. The Bertz CT molecular complexity index is 965. The average Bonchev–Trinajstić information content (AvgIpc) is 3.47. The number of halogens is 1. The van der Waals surface area contributed by atoms with E-state index in [9.17, 15) is 14.0 Å². The van der Waals surface area contributed by atoms with Crippen molar-refractivity contribution >= 4 is 28.8 Å². The van der Waals surface area contributed by atoms with Crippen molar-refractivity contribution in [1.29, 1.82) is 0 Å². The van der Waals surface area contributed by atoms with Crippen LogP contribution in [0.5, 0.6) is 0 Å². The Morgan fingerprint density at radius 2 is 1.83 bits per heavy atom. The molecule has 0 saturated heterocycles. The summed E-state index contributed by atoms with van der Waals surface area (Å²) < 4.78 is 18.9. The highest BCUT2D eigenvalue weighted by Gasteiger charge is 2.36. The molecule has 2 heterocycles. The number of carbonyl (C=O) groups excluding carboxylic acids is 2. The fourth-order valence-electron chi connectivity index (χ4n) is 3.85. The van der Waals surface area contributed by atoms with Gasteiger partial charge in [0.1, 0.15) is 5.82 Å². The molecule has 1 N–H and O–H groups in total. The third kappa shape index (κ3) is 4.46. The molecule has 156 valence electrons. The fourth-order valence-corrected chi connectivity index (χ4v) is 4.66. The molecule has 1 aliphatic carbocycles. The number of benzene rings is 1. The van der Waals surface area contributed by atoms with Crippen LogP contribution < -0.4 is 10.2 Å². The van der Waals surface area contributed by atoms with Gasteiger partial charge in [0, 0.05) is 16.6 Å². The summed E-state index contributed by atoms with van der Waals surface area (Å²) in [4.78, 5) is 29.0. The number of amides is 2. The van der Waals surface area contributed by atoms with E-state index in [1.807, 2.05) is 17.5 Å². The molecule has 3 aromatic rings. The summed E-state index contributed by atoms with van der Waals surface area (Å²) >= 11 is 1.40. The highest BCUT2D eigenvalue weighted by molar-refractivity contribution is 7.10. The van der Waals surface area contributed by atoms with E-state index in [0.717, 1.165) is 30.6 Å². The molecule has 2 aromatic heterocycles. The number of nitrogens with one attached hydrogen (secondary N) is 1. The lowest BCUT2D eigenvalue weighted by molar-refractivity contribution is -0.123. The Morgan fingerprint density at radius 3 is 2.47 bits per heavy atom. The summed E-state index contributed by atoms with van der Waals surface area (Å²) in [6, 6.07) is 11.7. The zero-order chi connectivity index (χ0) is 20.9. The number of carbonyl (C=O) groups is 2. The molecule has 4 rings (SSSR count). The number of rotatable bonds is 6. The van der Waals surface area contributed by atoms with Crippen molar-refractivity contribution in [1.82, 2.24) is 5.32 Å². The maximum absolute atomic E-state index is 13.6. The van der Waals surface area contributed by atoms with Crippen LogP contribution in [0, 0.1) is 5.82 Å². The van der Waals surface area contributed by atoms with Gasteiger partial charge in [-0.1, -0.05) is 25.3 Å². The molecule has 7 heteroatoms. The number of anilines is 1. The Labute approximate surface area is 178 Å². The van der Waals surface area contributed by atoms with Gasteiger partial charge >= 0.3 is 0 Å². The van der Waals surface area contributed by atoms with Crippen LogP contribution in [0.25, 0.3) is 0 Å². The first-order chi connectivity index (χ1) is 14.6. The minimum Gasteiger partial charge on any atom is -0.459 e. The first kappa shape index (κ1) is 20.3. The average molecular weight is 427 g/mol. The molecule has 1 aromatic carbocycles. The molecule has 30 heavy (non-hydrogen) atoms. The summed E-state index contributed by atoms with van der Waals surface area (Å²) in [5.41, 5.74) is 0.426. The van der Waals surface area contributed by atoms with Crippen molar-refractivity contribution in [2.24, 2.45) is 0 Å². The second-order valence-electron chi connectivity index (χ2n) is 7.39. The maximum atomic E-state index is 13.6. The van der Waals surface area contributed by atoms with E-state index in [-0.39, 0.29) is 17.7 Å². The highest BCUT2D eigenvalue weighted by Crippen LogP contribution is 2.33. The molecule has 1 aliphatic rings. The Kier molecular flexibility index (Phi) is 6.28. The molecule has 1 unspecified atom stereocenters. The van der Waals surface area contributed by atoms with E-state index in [0.29, 0.717) is 5.69 Å². The van der Waals surface area contributed by atoms with Crippen LogP contribution >= 0.6 is 11.3 Å². The van der Waals surface area contributed by atoms with Gasteiger partial charge in [0.25, 0.3) is 5.91 Å². The summed E-state index contributed by atoms with van der Waals surface area (Å²) in [6.45, 7) is 0. The lowest BCUT2D eigenvalue weighted by atomic mass is 9.95. The summed E-state index contributed by atoms with van der Waals surface area (Å²) in [5.74, 6) is -0.993. The smallest absolute Gasteiger partial charge is 0.295 e. The lowest BCUT2D eigenvalue weighted by Crippen LogP contribution is -2.47. The predicted octanol–water partition coefficient (Wildman–Crippen LogP) is 5.32. The van der Waals surface area contributed by atoms with Crippen molar-refractivity contribution in [2.75, 3.05) is 4.90 Å². The fraction of sp³-hybridized carbons (Fsp3) is 0.304. The van der Waals surface area contributed by atoms with Crippen LogP contribution in [-0.4, -0.2) is 17.9 Å². The van der Waals surface area contributed by atoms with Crippen LogP contribution in [-0.2, 0) is 4.79 Å². The van der Waals surface area contributed by atoms with E-state index in [2.05, 4.69) is 5.32 Å². The Hall–Kier alpha value is -2.93. The Morgan fingerprint density at radius 1 is 1.07 bits per heavy atom. The van der Waals surface area contributed by atoms with Crippen molar-refractivity contribution < 1.29 is 18.4 Å². The summed E-state index contributed by atoms with van der Waals surface area (Å²) in [5, 5.41) is 5.01. The number of hydrogen-bond donors (Lipinski definition) is 1. The minimum absolute atomic E-state index is 0.0995. The van der Waals surface area contributed by atoms with Crippen LogP contribution in [0.3, 0.4) is 0 Å². The minimum atomic E-state index is -0.880.